The lowest BCUT2D eigenvalue weighted by Gasteiger charge is -2.62. The zero-order valence-electron chi connectivity index (χ0n) is 21.1. The molecule has 0 spiro atoms. The first-order chi connectivity index (χ1) is 15.8. The minimum absolute atomic E-state index is 0.0625. The summed E-state index contributed by atoms with van der Waals surface area (Å²) in [5.74, 6) is 2.10. The lowest BCUT2D eigenvalue weighted by Crippen LogP contribution is -2.58. The minimum Gasteiger partial charge on any atom is -0.393 e. The molecular formula is C26H45NO6S. The number of amides is 1. The summed E-state index contributed by atoms with van der Waals surface area (Å²) in [6.45, 7) is 7.05. The van der Waals surface area contributed by atoms with Crippen LogP contribution in [0.1, 0.15) is 85.0 Å². The first-order valence-electron chi connectivity index (χ1n) is 13.4. The fourth-order valence-electron chi connectivity index (χ4n) is 9.14. The number of hydrogen-bond acceptors (Lipinski definition) is 5. The SMILES string of the molecule is C[C@H](CCC(=O)NCCS(=O)(=O)O)[C@H]1CC[C@H]2[C@@H]3[C@@H](CC[C@]12C)[C@@]1(C)CC[C@@H](O)C[C@H]1C[C@@H]3O. The van der Waals surface area contributed by atoms with Crippen LogP contribution in [0, 0.1) is 46.3 Å². The van der Waals surface area contributed by atoms with Gasteiger partial charge in [0.2, 0.25) is 5.91 Å². The molecule has 8 heteroatoms. The summed E-state index contributed by atoms with van der Waals surface area (Å²) in [5.41, 5.74) is 0.411. The molecule has 4 aliphatic carbocycles. The molecule has 4 aliphatic rings. The van der Waals surface area contributed by atoms with Gasteiger partial charge in [0.1, 0.15) is 0 Å². The van der Waals surface area contributed by atoms with Crippen LogP contribution in [0.15, 0.2) is 0 Å². The molecule has 0 aliphatic heterocycles. The van der Waals surface area contributed by atoms with Crippen molar-refractivity contribution in [3.05, 3.63) is 0 Å². The predicted octanol–water partition coefficient (Wildman–Crippen LogP) is 3.40. The van der Waals surface area contributed by atoms with Crippen LogP contribution in [-0.4, -0.2) is 53.6 Å². The molecule has 0 unspecified atom stereocenters. The topological polar surface area (TPSA) is 124 Å². The first-order valence-corrected chi connectivity index (χ1v) is 15.0. The molecule has 0 heterocycles. The van der Waals surface area contributed by atoms with E-state index in [-0.39, 0.29) is 35.5 Å². The van der Waals surface area contributed by atoms with Crippen molar-refractivity contribution in [3.63, 3.8) is 0 Å². The van der Waals surface area contributed by atoms with Crippen molar-refractivity contribution in [3.8, 4) is 0 Å². The van der Waals surface area contributed by atoms with Crippen molar-refractivity contribution < 1.29 is 28.0 Å². The average Bonchev–Trinajstić information content (AvgIpc) is 3.09. The second-order valence-electron chi connectivity index (χ2n) is 12.6. The summed E-state index contributed by atoms with van der Waals surface area (Å²) in [7, 11) is -4.06. The highest BCUT2D eigenvalue weighted by molar-refractivity contribution is 7.85. The van der Waals surface area contributed by atoms with Gasteiger partial charge in [0.05, 0.1) is 18.0 Å². The molecule has 0 aromatic carbocycles. The third kappa shape index (κ3) is 4.94. The monoisotopic (exact) mass is 499 g/mol. The van der Waals surface area contributed by atoms with Gasteiger partial charge in [-0.2, -0.15) is 8.42 Å². The molecule has 4 rings (SSSR count). The maximum Gasteiger partial charge on any atom is 0.266 e. The highest BCUT2D eigenvalue weighted by Crippen LogP contribution is 2.68. The quantitative estimate of drug-likeness (QED) is 0.398. The van der Waals surface area contributed by atoms with E-state index in [0.717, 1.165) is 51.4 Å². The summed E-state index contributed by atoms with van der Waals surface area (Å²) in [4.78, 5) is 12.2. The van der Waals surface area contributed by atoms with E-state index >= 15 is 0 Å². The Morgan fingerprint density at radius 3 is 2.41 bits per heavy atom. The van der Waals surface area contributed by atoms with Crippen molar-refractivity contribution in [2.24, 2.45) is 46.3 Å². The number of hydrogen-bond donors (Lipinski definition) is 4. The zero-order valence-corrected chi connectivity index (χ0v) is 21.9. The van der Waals surface area contributed by atoms with Crippen LogP contribution in [0.2, 0.25) is 0 Å². The summed E-state index contributed by atoms with van der Waals surface area (Å²) in [5, 5.41) is 24.2. The second kappa shape index (κ2) is 9.64. The Hall–Kier alpha value is -0.700. The maximum atomic E-state index is 12.2. The van der Waals surface area contributed by atoms with Gasteiger partial charge in [0.25, 0.3) is 10.1 Å². The van der Waals surface area contributed by atoms with Gasteiger partial charge in [-0.05, 0) is 104 Å². The standard InChI is InChI=1S/C26H45NO6S/c1-16(4-7-23(30)27-12-13-34(31,32)33)19-5-6-20-24-21(9-11-26(19,20)3)25(2)10-8-18(28)14-17(25)15-22(24)29/h16-22,24,28-29H,4-15H2,1-3H3,(H,27,30)(H,31,32,33)/t16-,17+,18-,19-,20+,21-,22+,24-,25+,26-/m1/s1. The summed E-state index contributed by atoms with van der Waals surface area (Å²) >= 11 is 0. The number of carbonyl (C=O) groups excluding carboxylic acids is 1. The van der Waals surface area contributed by atoms with Crippen LogP contribution in [0.4, 0.5) is 0 Å². The molecule has 34 heavy (non-hydrogen) atoms. The zero-order chi connectivity index (χ0) is 24.9. The van der Waals surface area contributed by atoms with Gasteiger partial charge < -0.3 is 15.5 Å². The summed E-state index contributed by atoms with van der Waals surface area (Å²) in [6, 6.07) is 0. The van der Waals surface area contributed by atoms with Crippen molar-refractivity contribution >= 4 is 16.0 Å². The van der Waals surface area contributed by atoms with E-state index in [9.17, 15) is 23.4 Å². The van der Waals surface area contributed by atoms with Gasteiger partial charge >= 0.3 is 0 Å². The van der Waals surface area contributed by atoms with Crippen LogP contribution in [0.25, 0.3) is 0 Å². The molecule has 0 radical (unpaired) electrons. The molecule has 7 nitrogen and oxygen atoms in total. The third-order valence-corrected chi connectivity index (χ3v) is 11.6. The Bertz CT molecular complexity index is 863. The van der Waals surface area contributed by atoms with Crippen LogP contribution in [0.3, 0.4) is 0 Å². The molecule has 196 valence electrons. The number of fused-ring (bicyclic) bond motifs is 5. The van der Waals surface area contributed by atoms with Crippen molar-refractivity contribution in [1.82, 2.24) is 5.32 Å². The van der Waals surface area contributed by atoms with E-state index in [2.05, 4.69) is 26.1 Å². The molecular weight excluding hydrogens is 454 g/mol. The van der Waals surface area contributed by atoms with E-state index in [1.807, 2.05) is 0 Å². The molecule has 1 amide bonds. The number of carbonyl (C=O) groups is 1. The summed E-state index contributed by atoms with van der Waals surface area (Å²) in [6.07, 6.45) is 8.87. The smallest absolute Gasteiger partial charge is 0.266 e. The highest BCUT2D eigenvalue weighted by Gasteiger charge is 2.62. The van der Waals surface area contributed by atoms with Gasteiger partial charge in [-0.25, -0.2) is 0 Å². The van der Waals surface area contributed by atoms with E-state index in [4.69, 9.17) is 4.55 Å². The van der Waals surface area contributed by atoms with Crippen LogP contribution in [0.5, 0.6) is 0 Å². The highest BCUT2D eigenvalue weighted by atomic mass is 32.2. The molecule has 0 bridgehead atoms. The lowest BCUT2D eigenvalue weighted by molar-refractivity contribution is -0.174. The molecule has 4 fully saturated rings. The normalized spacial score (nSPS) is 45.1. The van der Waals surface area contributed by atoms with Crippen molar-refractivity contribution in [2.75, 3.05) is 12.3 Å². The van der Waals surface area contributed by atoms with Gasteiger partial charge in [-0.15, -0.1) is 0 Å². The number of aliphatic hydroxyl groups is 2. The maximum absolute atomic E-state index is 12.2. The average molecular weight is 500 g/mol. The van der Waals surface area contributed by atoms with E-state index in [1.54, 1.807) is 0 Å². The number of nitrogens with one attached hydrogen (secondary N) is 1. The van der Waals surface area contributed by atoms with Crippen LogP contribution < -0.4 is 5.32 Å². The fraction of sp³-hybridized carbons (Fsp3) is 0.962. The molecule has 4 N–H and O–H groups in total. The van der Waals surface area contributed by atoms with Gasteiger partial charge in [0.15, 0.2) is 0 Å². The van der Waals surface area contributed by atoms with Gasteiger partial charge in [0, 0.05) is 13.0 Å². The first kappa shape index (κ1) is 26.4. The predicted molar refractivity (Wildman–Crippen MR) is 130 cm³/mol. The lowest BCUT2D eigenvalue weighted by atomic mass is 9.43. The fourth-order valence-corrected chi connectivity index (χ4v) is 9.50. The Labute approximate surface area is 205 Å². The Kier molecular flexibility index (Phi) is 7.47. The number of aliphatic hydroxyl groups excluding tert-OH is 2. The van der Waals surface area contributed by atoms with Crippen molar-refractivity contribution in [2.45, 2.75) is 97.2 Å². The molecule has 0 aromatic rings. The Balaban J connectivity index is 1.39. The molecule has 0 saturated heterocycles. The minimum atomic E-state index is -4.06. The van der Waals surface area contributed by atoms with Gasteiger partial charge in [-0.3, -0.25) is 9.35 Å². The van der Waals surface area contributed by atoms with Crippen molar-refractivity contribution in [1.29, 1.82) is 0 Å². The summed E-state index contributed by atoms with van der Waals surface area (Å²) < 4.78 is 30.5. The second-order valence-corrected chi connectivity index (χ2v) is 14.2. The Morgan fingerprint density at radius 2 is 1.71 bits per heavy atom. The van der Waals surface area contributed by atoms with E-state index in [1.165, 1.54) is 6.42 Å². The van der Waals surface area contributed by atoms with Crippen LogP contribution >= 0.6 is 0 Å². The molecule has 4 saturated carbocycles. The van der Waals surface area contributed by atoms with Crippen LogP contribution in [-0.2, 0) is 14.9 Å². The molecule has 10 atom stereocenters. The number of rotatable bonds is 7. The largest absolute Gasteiger partial charge is 0.393 e. The Morgan fingerprint density at radius 1 is 1.03 bits per heavy atom. The van der Waals surface area contributed by atoms with Gasteiger partial charge in [-0.1, -0.05) is 20.8 Å². The third-order valence-electron chi connectivity index (χ3n) is 10.9. The molecule has 0 aromatic heterocycles. The van der Waals surface area contributed by atoms with E-state index in [0.29, 0.717) is 41.9 Å². The van der Waals surface area contributed by atoms with E-state index < -0.39 is 15.9 Å².